The number of hydrogen-bond acceptors (Lipinski definition) is 4. The first kappa shape index (κ1) is 21.0. The normalized spacial score (nSPS) is 31.0. The average molecular weight is 403 g/mol. The molecule has 1 saturated carbocycles. The summed E-state index contributed by atoms with van der Waals surface area (Å²) in [5, 5.41) is 3.39. The molecule has 0 radical (unpaired) electrons. The molecular weight excluding hydrogens is 368 g/mol. The molecule has 0 aromatic carbocycles. The van der Waals surface area contributed by atoms with E-state index in [1.165, 1.54) is 4.91 Å². The minimum absolute atomic E-state index is 0. The summed E-state index contributed by atoms with van der Waals surface area (Å²) >= 11 is 1.74. The molecule has 1 amide bonds. The number of fused-ring (bicyclic) bond motifs is 1. The van der Waals surface area contributed by atoms with Crippen molar-refractivity contribution in [1.82, 2.24) is 10.2 Å². The van der Waals surface area contributed by atoms with Crippen LogP contribution in [-0.4, -0.2) is 48.3 Å². The second kappa shape index (κ2) is 9.19. The van der Waals surface area contributed by atoms with Gasteiger partial charge in [-0.15, -0.1) is 11.8 Å². The number of allylic oxidation sites excluding steroid dienone is 6. The first-order chi connectivity index (χ1) is 13.6. The summed E-state index contributed by atoms with van der Waals surface area (Å²) < 4.78 is 5.59. The van der Waals surface area contributed by atoms with Crippen LogP contribution < -0.4 is 5.32 Å². The summed E-state index contributed by atoms with van der Waals surface area (Å²) in [6.07, 6.45) is 11.3. The van der Waals surface area contributed by atoms with E-state index in [1.807, 2.05) is 11.0 Å². The van der Waals surface area contributed by atoms with E-state index in [4.69, 9.17) is 4.74 Å². The van der Waals surface area contributed by atoms with Crippen LogP contribution in [0.25, 0.3) is 0 Å². The highest BCUT2D eigenvalue weighted by Gasteiger charge is 2.64. The van der Waals surface area contributed by atoms with E-state index in [0.29, 0.717) is 18.3 Å². The molecule has 2 atom stereocenters. The molecule has 0 bridgehead atoms. The van der Waals surface area contributed by atoms with Gasteiger partial charge in [0.15, 0.2) is 0 Å². The van der Waals surface area contributed by atoms with Gasteiger partial charge in [-0.2, -0.15) is 0 Å². The smallest absolute Gasteiger partial charge is 0.239 e. The monoisotopic (exact) mass is 402 g/mol. The van der Waals surface area contributed by atoms with Crippen molar-refractivity contribution in [2.24, 2.45) is 5.92 Å². The van der Waals surface area contributed by atoms with Gasteiger partial charge in [-0.1, -0.05) is 37.5 Å². The topological polar surface area (TPSA) is 41.6 Å². The Morgan fingerprint density at radius 3 is 2.96 bits per heavy atom. The molecule has 5 heteroatoms. The minimum Gasteiger partial charge on any atom is -0.492 e. The van der Waals surface area contributed by atoms with Crippen molar-refractivity contribution in [2.75, 3.05) is 32.8 Å². The van der Waals surface area contributed by atoms with E-state index in [0.717, 1.165) is 56.6 Å². The quantitative estimate of drug-likeness (QED) is 0.738. The largest absolute Gasteiger partial charge is 0.492 e. The zero-order valence-electron chi connectivity index (χ0n) is 17.1. The van der Waals surface area contributed by atoms with Crippen molar-refractivity contribution >= 4 is 17.7 Å². The SMILES string of the molecule is C=C/C=C1C(=C)OCCNCCC/C=C\1C1=CC2CC2(C(=O)N(CC)CC)S1.[HH]. The molecule has 154 valence electrons. The Hall–Kier alpha value is -1.72. The molecule has 28 heavy (non-hydrogen) atoms. The number of rotatable bonds is 5. The predicted octanol–water partition coefficient (Wildman–Crippen LogP) is 4.44. The van der Waals surface area contributed by atoms with Crippen LogP contribution in [0.2, 0.25) is 0 Å². The Balaban J connectivity index is 0.00000300. The second-order valence-corrected chi connectivity index (χ2v) is 8.78. The van der Waals surface area contributed by atoms with Gasteiger partial charge in [-0.3, -0.25) is 4.79 Å². The maximum atomic E-state index is 13.1. The van der Waals surface area contributed by atoms with Gasteiger partial charge in [0.25, 0.3) is 0 Å². The molecule has 0 aromatic heterocycles. The van der Waals surface area contributed by atoms with Crippen LogP contribution in [0.15, 0.2) is 59.3 Å². The molecule has 1 aliphatic carbocycles. The molecule has 2 aliphatic heterocycles. The van der Waals surface area contributed by atoms with E-state index >= 15 is 0 Å². The Morgan fingerprint density at radius 1 is 1.46 bits per heavy atom. The van der Waals surface area contributed by atoms with Crippen LogP contribution in [0.4, 0.5) is 0 Å². The minimum atomic E-state index is -0.294. The van der Waals surface area contributed by atoms with Gasteiger partial charge >= 0.3 is 0 Å². The molecule has 1 fully saturated rings. The Bertz CT molecular complexity index is 739. The number of ether oxygens (including phenoxy) is 1. The Morgan fingerprint density at radius 2 is 2.25 bits per heavy atom. The number of hydrogen-bond donors (Lipinski definition) is 1. The predicted molar refractivity (Wildman–Crippen MR) is 120 cm³/mol. The van der Waals surface area contributed by atoms with Gasteiger partial charge in [-0.05, 0) is 45.2 Å². The number of nitrogens with zero attached hydrogens (tertiary/aromatic N) is 1. The van der Waals surface area contributed by atoms with Gasteiger partial charge in [0.2, 0.25) is 5.91 Å². The van der Waals surface area contributed by atoms with E-state index in [9.17, 15) is 4.79 Å². The lowest BCUT2D eigenvalue weighted by atomic mass is 10.0. The fraction of sp³-hybridized carbons (Fsp3) is 0.522. The number of carbonyl (C=O) groups excluding carboxylic acids is 1. The third kappa shape index (κ3) is 4.15. The molecule has 4 nitrogen and oxygen atoms in total. The zero-order valence-corrected chi connectivity index (χ0v) is 17.9. The molecule has 2 unspecified atom stereocenters. The van der Waals surface area contributed by atoms with E-state index in [2.05, 4.69) is 44.5 Å². The van der Waals surface area contributed by atoms with Crippen molar-refractivity contribution in [3.05, 3.63) is 59.3 Å². The van der Waals surface area contributed by atoms with Crippen LogP contribution in [0.5, 0.6) is 0 Å². The average Bonchev–Trinajstić information content (AvgIpc) is 3.28. The third-order valence-corrected chi connectivity index (χ3v) is 7.21. The van der Waals surface area contributed by atoms with Crippen LogP contribution in [-0.2, 0) is 9.53 Å². The number of nitrogens with one attached hydrogen (secondary N) is 1. The van der Waals surface area contributed by atoms with Crippen LogP contribution in [0.3, 0.4) is 0 Å². The van der Waals surface area contributed by atoms with Gasteiger partial charge in [0, 0.05) is 37.5 Å². The Kier molecular flexibility index (Phi) is 6.89. The van der Waals surface area contributed by atoms with Crippen molar-refractivity contribution in [2.45, 2.75) is 37.9 Å². The molecule has 1 N–H and O–H groups in total. The Labute approximate surface area is 174 Å². The maximum absolute atomic E-state index is 13.1. The van der Waals surface area contributed by atoms with Crippen molar-refractivity contribution in [1.29, 1.82) is 0 Å². The first-order valence-corrected chi connectivity index (χ1v) is 11.2. The number of thioether (sulfide) groups is 1. The molecule has 3 aliphatic rings. The zero-order chi connectivity index (χ0) is 20.1. The summed E-state index contributed by atoms with van der Waals surface area (Å²) in [5.41, 5.74) is 2.11. The summed E-state index contributed by atoms with van der Waals surface area (Å²) in [4.78, 5) is 16.3. The lowest BCUT2D eigenvalue weighted by molar-refractivity contribution is -0.131. The fourth-order valence-electron chi connectivity index (χ4n) is 3.92. The van der Waals surface area contributed by atoms with Crippen molar-refractivity contribution < 1.29 is 11.0 Å². The number of carbonyl (C=O) groups is 1. The van der Waals surface area contributed by atoms with E-state index < -0.39 is 0 Å². The summed E-state index contributed by atoms with van der Waals surface area (Å²) in [6, 6.07) is 0. The molecular formula is C23H34N2O2S. The van der Waals surface area contributed by atoms with Crippen molar-refractivity contribution in [3.8, 4) is 0 Å². The lowest BCUT2D eigenvalue weighted by Crippen LogP contribution is -2.39. The molecule has 0 saturated heterocycles. The molecule has 0 aromatic rings. The number of amides is 1. The van der Waals surface area contributed by atoms with E-state index in [-0.39, 0.29) is 12.1 Å². The van der Waals surface area contributed by atoms with Gasteiger partial charge in [-0.25, -0.2) is 0 Å². The summed E-state index contributed by atoms with van der Waals surface area (Å²) in [5.74, 6) is 1.28. The maximum Gasteiger partial charge on any atom is 0.239 e. The molecule has 3 rings (SSSR count). The van der Waals surface area contributed by atoms with E-state index in [1.54, 1.807) is 17.8 Å². The fourth-order valence-corrected chi connectivity index (χ4v) is 5.55. The van der Waals surface area contributed by atoms with Crippen molar-refractivity contribution in [3.63, 3.8) is 0 Å². The summed E-state index contributed by atoms with van der Waals surface area (Å²) in [6.45, 7) is 16.1. The van der Waals surface area contributed by atoms with Crippen LogP contribution >= 0.6 is 11.8 Å². The van der Waals surface area contributed by atoms with Crippen LogP contribution in [0.1, 0.15) is 34.5 Å². The highest BCUT2D eigenvalue weighted by Crippen LogP contribution is 2.65. The highest BCUT2D eigenvalue weighted by atomic mass is 32.2. The second-order valence-electron chi connectivity index (χ2n) is 7.41. The van der Waals surface area contributed by atoms with Gasteiger partial charge in [0.1, 0.15) is 17.1 Å². The highest BCUT2D eigenvalue weighted by molar-refractivity contribution is 8.06. The first-order valence-electron chi connectivity index (χ1n) is 10.3. The molecule has 2 heterocycles. The summed E-state index contributed by atoms with van der Waals surface area (Å²) in [7, 11) is 0. The molecule has 0 spiro atoms. The van der Waals surface area contributed by atoms with Crippen LogP contribution in [0, 0.1) is 5.92 Å². The van der Waals surface area contributed by atoms with Gasteiger partial charge < -0.3 is 15.0 Å². The van der Waals surface area contributed by atoms with Gasteiger partial charge in [0.05, 0.1) is 0 Å². The lowest BCUT2D eigenvalue weighted by Gasteiger charge is -2.25. The standard InChI is InChI=1S/C23H32N2O2S.H2/c1-5-10-19-17(4)27-14-13-24-12-9-8-11-20(19)21-15-18-16-23(18,28-21)22(26)25(6-2)7-3;/h5,10-11,15,18,24H,1,4,6-9,12-14,16H2,2-3H3;1H/b19-10+,20-11+;. The third-order valence-electron chi connectivity index (χ3n) is 5.62.